The van der Waals surface area contributed by atoms with Gasteiger partial charge in [0, 0.05) is 16.1 Å². The fourth-order valence-corrected chi connectivity index (χ4v) is 6.38. The number of hydrogen-bond donors (Lipinski definition) is 0. The van der Waals surface area contributed by atoms with Crippen LogP contribution < -0.4 is 9.86 Å². The lowest BCUT2D eigenvalue weighted by molar-refractivity contribution is 0.529. The van der Waals surface area contributed by atoms with Crippen molar-refractivity contribution in [2.24, 2.45) is 0 Å². The summed E-state index contributed by atoms with van der Waals surface area (Å²) < 4.78 is 44.8. The van der Waals surface area contributed by atoms with Gasteiger partial charge in [0.25, 0.3) is 15.6 Å². The van der Waals surface area contributed by atoms with Crippen molar-refractivity contribution in [2.45, 2.75) is 17.0 Å². The van der Waals surface area contributed by atoms with E-state index >= 15 is 0 Å². The van der Waals surface area contributed by atoms with Crippen molar-refractivity contribution >= 4 is 39.0 Å². The van der Waals surface area contributed by atoms with E-state index in [-0.39, 0.29) is 10.7 Å². The smallest absolute Gasteiger partial charge is 0.266 e. The van der Waals surface area contributed by atoms with E-state index in [2.05, 4.69) is 0 Å². The molecule has 36 heavy (non-hydrogen) atoms. The van der Waals surface area contributed by atoms with Gasteiger partial charge in [0.15, 0.2) is 0 Å². The monoisotopic (exact) mass is 539 g/mol. The predicted octanol–water partition coefficient (Wildman–Crippen LogP) is 5.71. The Bertz CT molecular complexity index is 1680. The van der Waals surface area contributed by atoms with Crippen LogP contribution in [0.3, 0.4) is 0 Å². The molecule has 0 radical (unpaired) electrons. The van der Waals surface area contributed by atoms with Crippen molar-refractivity contribution in [3.05, 3.63) is 128 Å². The maximum Gasteiger partial charge on any atom is 0.266 e. The molecule has 0 N–H and O–H groups in total. The summed E-state index contributed by atoms with van der Waals surface area (Å²) in [7, 11) is -4.38. The van der Waals surface area contributed by atoms with Gasteiger partial charge in [0.1, 0.15) is 17.7 Å². The highest BCUT2D eigenvalue weighted by Gasteiger charge is 2.47. The fourth-order valence-electron chi connectivity index (χ4n) is 4.47. The van der Waals surface area contributed by atoms with Crippen LogP contribution in [0.2, 0.25) is 10.0 Å². The molecule has 2 atom stereocenters. The molecule has 2 heterocycles. The number of benzene rings is 3. The lowest BCUT2D eigenvalue weighted by Gasteiger charge is -2.29. The van der Waals surface area contributed by atoms with Crippen molar-refractivity contribution in [3.63, 3.8) is 0 Å². The topological polar surface area (TPSA) is 83.2 Å². The van der Waals surface area contributed by atoms with Crippen molar-refractivity contribution in [1.82, 2.24) is 4.57 Å². The lowest BCUT2D eigenvalue weighted by atomic mass is 9.94. The number of aromatic nitrogens is 1. The average Bonchev–Trinajstić information content (AvgIpc) is 3.22. The van der Waals surface area contributed by atoms with Crippen LogP contribution in [-0.4, -0.2) is 13.0 Å². The molecule has 0 unspecified atom stereocenters. The average molecular weight is 540 g/mol. The number of pyridine rings is 1. The number of fused-ring (bicyclic) bond motifs is 1. The molecule has 4 aromatic rings. The van der Waals surface area contributed by atoms with Crippen LogP contribution in [0.5, 0.6) is 0 Å². The van der Waals surface area contributed by atoms with E-state index in [0.717, 1.165) is 22.5 Å². The van der Waals surface area contributed by atoms with Crippen LogP contribution in [0.25, 0.3) is 0 Å². The molecule has 10 heteroatoms. The Morgan fingerprint density at radius 2 is 1.42 bits per heavy atom. The first-order valence-electron chi connectivity index (χ1n) is 10.7. The minimum absolute atomic E-state index is 0.130. The van der Waals surface area contributed by atoms with Gasteiger partial charge in [-0.3, -0.25) is 9.36 Å². The Morgan fingerprint density at radius 1 is 0.833 bits per heavy atom. The highest BCUT2D eigenvalue weighted by Crippen LogP contribution is 2.49. The van der Waals surface area contributed by atoms with Gasteiger partial charge in [-0.15, -0.1) is 0 Å². The van der Waals surface area contributed by atoms with Crippen molar-refractivity contribution in [3.8, 4) is 6.07 Å². The van der Waals surface area contributed by atoms with Crippen molar-refractivity contribution < 1.29 is 12.8 Å². The summed E-state index contributed by atoms with van der Waals surface area (Å²) in [6.45, 7) is 0. The third kappa shape index (κ3) is 3.95. The minimum atomic E-state index is -4.38. The van der Waals surface area contributed by atoms with Gasteiger partial charge < -0.3 is 0 Å². The number of nitrogens with zero attached hydrogens (tertiary/aromatic N) is 3. The number of nitriles is 1. The van der Waals surface area contributed by atoms with Crippen LogP contribution in [0.1, 0.15) is 28.8 Å². The van der Waals surface area contributed by atoms with Crippen molar-refractivity contribution in [2.75, 3.05) is 4.31 Å². The SMILES string of the molecule is N#Cc1cc(S(=O)(=O)N2c3cccc(=O)n3[C@@H](c3ccc(Cl)cc3)[C@H]2c2ccc(Cl)cc2)ccc1F. The van der Waals surface area contributed by atoms with Gasteiger partial charge in [-0.05, 0) is 59.7 Å². The maximum atomic E-state index is 14.1. The van der Waals surface area contributed by atoms with E-state index in [0.29, 0.717) is 21.2 Å². The second-order valence-corrected chi connectivity index (χ2v) is 10.8. The molecule has 0 amide bonds. The zero-order valence-corrected chi connectivity index (χ0v) is 20.7. The van der Waals surface area contributed by atoms with E-state index in [4.69, 9.17) is 23.2 Å². The molecular weight excluding hydrogens is 524 g/mol. The van der Waals surface area contributed by atoms with Gasteiger partial charge in [0.05, 0.1) is 22.5 Å². The summed E-state index contributed by atoms with van der Waals surface area (Å²) in [4.78, 5) is 12.9. The zero-order valence-electron chi connectivity index (χ0n) is 18.3. The Kier molecular flexibility index (Phi) is 6.08. The van der Waals surface area contributed by atoms with Crippen LogP contribution >= 0.6 is 23.2 Å². The predicted molar refractivity (Wildman–Crippen MR) is 135 cm³/mol. The molecule has 3 aromatic carbocycles. The standard InChI is InChI=1S/C26H16Cl2FN3O3S/c27-19-8-4-16(5-9-19)25-26(17-6-10-20(28)11-7-17)32(23-2-1-3-24(33)31(23)25)36(34,35)21-12-13-22(29)18(14-21)15-30/h1-14,25-26H/t25-,26+/m0/s1. The second kappa shape index (κ2) is 9.10. The zero-order chi connectivity index (χ0) is 25.6. The van der Waals surface area contributed by atoms with Gasteiger partial charge in [-0.1, -0.05) is 53.5 Å². The number of rotatable bonds is 4. The van der Waals surface area contributed by atoms with E-state index in [1.807, 2.05) is 0 Å². The van der Waals surface area contributed by atoms with E-state index < -0.39 is 39.0 Å². The highest BCUT2D eigenvalue weighted by molar-refractivity contribution is 7.92. The summed E-state index contributed by atoms with van der Waals surface area (Å²) in [5, 5.41) is 10.2. The third-order valence-corrected chi connectivity index (χ3v) is 8.35. The molecule has 1 aliphatic heterocycles. The summed E-state index contributed by atoms with van der Waals surface area (Å²) in [6.07, 6.45) is 0. The first-order chi connectivity index (χ1) is 17.2. The lowest BCUT2D eigenvalue weighted by Crippen LogP contribution is -2.33. The summed E-state index contributed by atoms with van der Waals surface area (Å²) in [5.41, 5.74) is 0.427. The fraction of sp³-hybridized carbons (Fsp3) is 0.0769. The molecule has 1 aliphatic rings. The second-order valence-electron chi connectivity index (χ2n) is 8.14. The molecule has 0 fully saturated rings. The van der Waals surface area contributed by atoms with Crippen LogP contribution in [0.15, 0.2) is 94.6 Å². The molecular formula is C26H16Cl2FN3O3S. The Balaban J connectivity index is 1.81. The molecule has 0 bridgehead atoms. The normalized spacial score (nSPS) is 17.0. The number of sulfonamides is 1. The van der Waals surface area contributed by atoms with Gasteiger partial charge in [-0.25, -0.2) is 17.1 Å². The van der Waals surface area contributed by atoms with E-state index in [1.54, 1.807) is 54.6 Å². The summed E-state index contributed by atoms with van der Waals surface area (Å²) in [5.74, 6) is -0.701. The van der Waals surface area contributed by atoms with Crippen LogP contribution in [0, 0.1) is 17.1 Å². The molecule has 0 aliphatic carbocycles. The largest absolute Gasteiger partial charge is 0.284 e. The Labute approximate surface area is 216 Å². The molecule has 5 rings (SSSR count). The first kappa shape index (κ1) is 24.1. The summed E-state index contributed by atoms with van der Waals surface area (Å²) >= 11 is 12.2. The molecule has 0 saturated heterocycles. The third-order valence-electron chi connectivity index (χ3n) is 6.06. The van der Waals surface area contributed by atoms with Crippen LogP contribution in [-0.2, 0) is 10.0 Å². The minimum Gasteiger partial charge on any atom is -0.284 e. The number of halogens is 3. The van der Waals surface area contributed by atoms with Gasteiger partial charge >= 0.3 is 0 Å². The molecule has 6 nitrogen and oxygen atoms in total. The first-order valence-corrected chi connectivity index (χ1v) is 12.9. The number of anilines is 1. The Morgan fingerprint density at radius 3 is 2.00 bits per heavy atom. The van der Waals surface area contributed by atoms with E-state index in [9.17, 15) is 22.9 Å². The Hall–Kier alpha value is -3.64. The molecule has 180 valence electrons. The summed E-state index contributed by atoms with van der Waals surface area (Å²) in [6, 6.07) is 20.9. The quantitative estimate of drug-likeness (QED) is 0.332. The number of hydrogen-bond acceptors (Lipinski definition) is 4. The van der Waals surface area contributed by atoms with Gasteiger partial charge in [0.2, 0.25) is 0 Å². The molecule has 0 saturated carbocycles. The maximum absolute atomic E-state index is 14.1. The molecule has 0 spiro atoms. The van der Waals surface area contributed by atoms with Crippen molar-refractivity contribution in [1.29, 1.82) is 5.26 Å². The van der Waals surface area contributed by atoms with Gasteiger partial charge in [-0.2, -0.15) is 5.26 Å². The molecule has 1 aromatic heterocycles. The van der Waals surface area contributed by atoms with E-state index in [1.165, 1.54) is 22.8 Å². The van der Waals surface area contributed by atoms with Crippen LogP contribution in [0.4, 0.5) is 10.2 Å². The highest BCUT2D eigenvalue weighted by atomic mass is 35.5.